The minimum atomic E-state index is 0. The van der Waals surface area contributed by atoms with Crippen LogP contribution in [0.25, 0.3) is 0 Å². The van der Waals surface area contributed by atoms with Crippen molar-refractivity contribution in [1.82, 2.24) is 0 Å². The number of rotatable bonds is 0. The molecule has 5 heteroatoms. The van der Waals surface area contributed by atoms with Gasteiger partial charge in [0.2, 0.25) is 0 Å². The summed E-state index contributed by atoms with van der Waals surface area (Å²) in [6.45, 7) is 0. The molecule has 0 aromatic carbocycles. The first-order valence-electron chi connectivity index (χ1n) is 1.41. The van der Waals surface area contributed by atoms with Crippen LogP contribution in [-0.2, 0) is 16.5 Å². The topological polar surface area (TPSA) is 0 Å². The average Bonchev–Trinajstić information content (AvgIpc) is 1.50. The maximum atomic E-state index is 1.56. The van der Waals surface area contributed by atoms with Crippen LogP contribution in [0.1, 0.15) is 0 Å². The van der Waals surface area contributed by atoms with Gasteiger partial charge in [-0.1, -0.05) is 0 Å². The average molecular weight is 359 g/mol. The van der Waals surface area contributed by atoms with E-state index >= 15 is 0 Å². The molecule has 0 nitrogen and oxygen atoms in total. The van der Waals surface area contributed by atoms with Gasteiger partial charge in [-0.3, -0.25) is 0 Å². The van der Waals surface area contributed by atoms with Gasteiger partial charge in [0.25, 0.3) is 0 Å². The minimum Gasteiger partial charge on any atom is 2.00 e. The van der Waals surface area contributed by atoms with Gasteiger partial charge in [-0.05, 0) is 0 Å². The van der Waals surface area contributed by atoms with Crippen molar-refractivity contribution in [3.8, 4) is 0 Å². The maximum Gasteiger partial charge on any atom is 2.00 e. The molecule has 0 aromatic heterocycles. The maximum absolute atomic E-state index is 1.56. The van der Waals surface area contributed by atoms with Crippen molar-refractivity contribution in [2.45, 2.75) is 0 Å². The summed E-state index contributed by atoms with van der Waals surface area (Å²) in [5.74, 6) is 0. The molecule has 0 saturated carbocycles. The van der Waals surface area contributed by atoms with E-state index in [1.165, 1.54) is 29.1 Å². The van der Waals surface area contributed by atoms with Gasteiger partial charge in [0.15, 0.2) is 0 Å². The van der Waals surface area contributed by atoms with Crippen LogP contribution in [-0.4, -0.2) is 58.2 Å². The van der Waals surface area contributed by atoms with Crippen molar-refractivity contribution in [3.63, 3.8) is 0 Å². The van der Waals surface area contributed by atoms with Gasteiger partial charge < -0.3 is 0 Å². The van der Waals surface area contributed by atoms with E-state index in [1.54, 1.807) is 29.1 Å². The van der Waals surface area contributed by atoms with E-state index in [0.717, 1.165) is 0 Å². The van der Waals surface area contributed by atoms with Crippen LogP contribution in [0.5, 0.6) is 0 Å². The van der Waals surface area contributed by atoms with E-state index in [4.69, 9.17) is 0 Å². The molecule has 0 amide bonds. The molecule has 0 aromatic rings. The van der Waals surface area contributed by atoms with Crippen molar-refractivity contribution in [2.75, 3.05) is 0 Å². The predicted molar refractivity (Wildman–Crippen MR) is 37.0 cm³/mol. The first-order chi connectivity index (χ1) is 2.00. The number of hydrogen-bond acceptors (Lipinski definition) is 0. The molecule has 0 fully saturated rings. The zero-order chi connectivity index (χ0) is 4.00. The second kappa shape index (κ2) is 30.1. The van der Waals surface area contributed by atoms with E-state index < -0.39 is 0 Å². The second-order valence-electron chi connectivity index (χ2n) is 0. The molecular formula is H10Ge4Ni. The zero-order valence-electron chi connectivity index (χ0n) is 3.73. The van der Waals surface area contributed by atoms with Crippen LogP contribution in [0.2, 0.25) is 0 Å². The third-order valence-corrected chi connectivity index (χ3v) is 0. The van der Waals surface area contributed by atoms with Crippen molar-refractivity contribution < 1.29 is 16.5 Å². The molecule has 0 unspecified atom stereocenters. The quantitative estimate of drug-likeness (QED) is 0.385. The van der Waals surface area contributed by atoms with E-state index in [0.29, 0.717) is 0 Å². The van der Waals surface area contributed by atoms with E-state index in [1.807, 2.05) is 0 Å². The number of hydrogen-bond donors (Lipinski definition) is 0. The standard InChI is InChI=1S/2Ge2H5.Ni/c2*1-2;/h2*1H2,2H3;/q2*-1;+2. The van der Waals surface area contributed by atoms with E-state index in [-0.39, 0.29) is 16.5 Å². The Bertz CT molecular complexity index is 3.61. The Labute approximate surface area is 73.6 Å². The summed E-state index contributed by atoms with van der Waals surface area (Å²) < 4.78 is 0. The molecule has 0 aliphatic rings. The molecule has 0 heterocycles. The summed E-state index contributed by atoms with van der Waals surface area (Å²) >= 11 is 5.50. The molecule has 0 radical (unpaired) electrons. The predicted octanol–water partition coefficient (Wildman–Crippen LogP) is -4.20. The van der Waals surface area contributed by atoms with Crippen LogP contribution >= 0.6 is 0 Å². The molecule has 0 saturated heterocycles. The summed E-state index contributed by atoms with van der Waals surface area (Å²) in [6.07, 6.45) is 0. The van der Waals surface area contributed by atoms with Gasteiger partial charge in [-0.2, -0.15) is 0 Å². The second-order valence-corrected chi connectivity index (χ2v) is 0. The Morgan fingerprint density at radius 3 is 0.800 bits per heavy atom. The molecular weight excluding hydrogens is 349 g/mol. The Morgan fingerprint density at radius 1 is 0.800 bits per heavy atom. The van der Waals surface area contributed by atoms with Crippen LogP contribution in [0.4, 0.5) is 0 Å². The van der Waals surface area contributed by atoms with Gasteiger partial charge in [-0.15, -0.1) is 0 Å². The molecule has 0 aliphatic carbocycles. The van der Waals surface area contributed by atoms with E-state index in [9.17, 15) is 0 Å². The molecule has 0 aliphatic heterocycles. The summed E-state index contributed by atoms with van der Waals surface area (Å²) in [6, 6.07) is 0. The third kappa shape index (κ3) is 20.4. The monoisotopic (exact) mass is 364 g/mol. The van der Waals surface area contributed by atoms with Crippen LogP contribution < -0.4 is 0 Å². The summed E-state index contributed by atoms with van der Waals surface area (Å²) in [7, 11) is 0. The summed E-state index contributed by atoms with van der Waals surface area (Å²) in [4.78, 5) is 0. The fourth-order valence-corrected chi connectivity index (χ4v) is 0. The fourth-order valence-electron chi connectivity index (χ4n) is 0. The first kappa shape index (κ1) is 15.6. The third-order valence-electron chi connectivity index (χ3n) is 0. The van der Waals surface area contributed by atoms with Gasteiger partial charge in [-0.25, -0.2) is 0 Å². The van der Waals surface area contributed by atoms with E-state index in [2.05, 4.69) is 0 Å². The normalized spacial score (nSPS) is 3.60. The van der Waals surface area contributed by atoms with Crippen molar-refractivity contribution >= 4 is 58.2 Å². The smallest absolute Gasteiger partial charge is 2.00 e. The van der Waals surface area contributed by atoms with Crippen molar-refractivity contribution in [1.29, 1.82) is 0 Å². The summed E-state index contributed by atoms with van der Waals surface area (Å²) in [5, 5.41) is 0. The minimum absolute atomic E-state index is 0. The Balaban J connectivity index is -0.0000000133. The van der Waals surface area contributed by atoms with Gasteiger partial charge >= 0.3 is 74.7 Å². The van der Waals surface area contributed by atoms with Crippen molar-refractivity contribution in [2.24, 2.45) is 0 Å². The fraction of sp³-hybridized carbons (Fsp3) is 0. The van der Waals surface area contributed by atoms with Gasteiger partial charge in [0.05, 0.1) is 0 Å². The molecule has 0 atom stereocenters. The first-order valence-corrected chi connectivity index (χ1v) is 38.2. The molecule has 0 bridgehead atoms. The van der Waals surface area contributed by atoms with Crippen molar-refractivity contribution in [3.05, 3.63) is 0 Å². The molecule has 0 N–H and O–H groups in total. The molecule has 0 spiro atoms. The Morgan fingerprint density at radius 2 is 0.800 bits per heavy atom. The largest absolute Gasteiger partial charge is 2.00 e. The van der Waals surface area contributed by atoms with Gasteiger partial charge in [0, 0.05) is 0 Å². The zero-order valence-corrected chi connectivity index (χ0v) is 19.0. The molecule has 36 valence electrons. The van der Waals surface area contributed by atoms with Crippen LogP contribution in [0.3, 0.4) is 0 Å². The summed E-state index contributed by atoms with van der Waals surface area (Å²) in [5.41, 5.74) is 0. The van der Waals surface area contributed by atoms with Crippen LogP contribution in [0.15, 0.2) is 0 Å². The molecule has 0 rings (SSSR count). The van der Waals surface area contributed by atoms with Crippen LogP contribution in [0, 0.1) is 0 Å². The van der Waals surface area contributed by atoms with Gasteiger partial charge in [0.1, 0.15) is 0 Å². The Kier molecular flexibility index (Phi) is 94.2. The SMILES string of the molecule is [GeH2-][GeH3].[GeH2-][GeH3].[Ni+2]. The Hall–Kier alpha value is 2.66. The molecule has 5 heavy (non-hydrogen) atoms.